The number of hydrogen-bond donors (Lipinski definition) is 1. The topological polar surface area (TPSA) is 71.5 Å². The van der Waals surface area contributed by atoms with Crippen molar-refractivity contribution in [3.05, 3.63) is 17.8 Å². The number of aromatic nitrogens is 1. The van der Waals surface area contributed by atoms with Gasteiger partial charge < -0.3 is 4.74 Å². The molecule has 2 heterocycles. The molecule has 3 rings (SSSR count). The number of pyridine rings is 1. The second-order valence-electron chi connectivity index (χ2n) is 9.91. The molecule has 6 nitrogen and oxygen atoms in total. The highest BCUT2D eigenvalue weighted by Crippen LogP contribution is 2.58. The Bertz CT molecular complexity index is 774. The lowest BCUT2D eigenvalue weighted by Crippen LogP contribution is -2.56. The molecule has 0 radical (unpaired) electrons. The van der Waals surface area contributed by atoms with Crippen molar-refractivity contribution in [2.24, 2.45) is 5.41 Å². The zero-order valence-electron chi connectivity index (χ0n) is 18.0. The maximum absolute atomic E-state index is 12.5. The first-order valence-corrected chi connectivity index (χ1v) is 10.2. The Morgan fingerprint density at radius 2 is 1.86 bits per heavy atom. The SMILES string of the molecule is CC(=O)N1c2ncc(NC(=O)OCC(C)(C)C)cc2C2(CCCCC2)C1(C)C. The molecular formula is C22H33N3O3. The zero-order chi connectivity index (χ0) is 20.7. The first kappa shape index (κ1) is 20.6. The van der Waals surface area contributed by atoms with Gasteiger partial charge in [0.15, 0.2) is 0 Å². The van der Waals surface area contributed by atoms with Crippen LogP contribution < -0.4 is 10.2 Å². The van der Waals surface area contributed by atoms with Gasteiger partial charge in [-0.15, -0.1) is 0 Å². The Labute approximate surface area is 168 Å². The number of nitrogens with zero attached hydrogens (tertiary/aromatic N) is 2. The van der Waals surface area contributed by atoms with Gasteiger partial charge in [-0.3, -0.25) is 15.0 Å². The summed E-state index contributed by atoms with van der Waals surface area (Å²) in [4.78, 5) is 31.1. The molecule has 0 unspecified atom stereocenters. The van der Waals surface area contributed by atoms with Gasteiger partial charge >= 0.3 is 6.09 Å². The van der Waals surface area contributed by atoms with Crippen LogP contribution in [0.3, 0.4) is 0 Å². The highest BCUT2D eigenvalue weighted by atomic mass is 16.5. The number of rotatable bonds is 2. The van der Waals surface area contributed by atoms with E-state index < -0.39 is 6.09 Å². The number of nitrogens with one attached hydrogen (secondary N) is 1. The Balaban J connectivity index is 1.94. The molecule has 1 aromatic rings. The van der Waals surface area contributed by atoms with E-state index in [2.05, 4.69) is 24.1 Å². The van der Waals surface area contributed by atoms with Crippen molar-refractivity contribution in [1.29, 1.82) is 0 Å². The van der Waals surface area contributed by atoms with Crippen LogP contribution in [0.25, 0.3) is 0 Å². The van der Waals surface area contributed by atoms with E-state index in [-0.39, 0.29) is 22.3 Å². The molecular weight excluding hydrogens is 354 g/mol. The van der Waals surface area contributed by atoms with Crippen LogP contribution in [0.4, 0.5) is 16.3 Å². The maximum Gasteiger partial charge on any atom is 0.411 e. The first-order valence-electron chi connectivity index (χ1n) is 10.2. The third kappa shape index (κ3) is 3.49. The Morgan fingerprint density at radius 3 is 2.43 bits per heavy atom. The number of fused-ring (bicyclic) bond motifs is 2. The Morgan fingerprint density at radius 1 is 1.21 bits per heavy atom. The summed E-state index contributed by atoms with van der Waals surface area (Å²) >= 11 is 0. The molecule has 1 saturated carbocycles. The van der Waals surface area contributed by atoms with Gasteiger partial charge in [-0.1, -0.05) is 40.0 Å². The fraction of sp³-hybridized carbons (Fsp3) is 0.682. The van der Waals surface area contributed by atoms with Crippen molar-refractivity contribution in [3.8, 4) is 0 Å². The van der Waals surface area contributed by atoms with Crippen molar-refractivity contribution >= 4 is 23.5 Å². The molecule has 2 amide bonds. The van der Waals surface area contributed by atoms with Crippen molar-refractivity contribution in [2.75, 3.05) is 16.8 Å². The summed E-state index contributed by atoms with van der Waals surface area (Å²) in [5.41, 5.74) is 1.11. The molecule has 1 aromatic heterocycles. The third-order valence-electron chi connectivity index (χ3n) is 6.23. The minimum Gasteiger partial charge on any atom is -0.449 e. The van der Waals surface area contributed by atoms with Crippen LogP contribution in [-0.4, -0.2) is 29.1 Å². The second kappa shape index (κ2) is 7.05. The van der Waals surface area contributed by atoms with Crippen molar-refractivity contribution < 1.29 is 14.3 Å². The quantitative estimate of drug-likeness (QED) is 0.773. The number of carbonyl (C=O) groups is 2. The summed E-state index contributed by atoms with van der Waals surface area (Å²) in [6.45, 7) is 12.3. The van der Waals surface area contributed by atoms with Gasteiger partial charge in [-0.2, -0.15) is 0 Å². The van der Waals surface area contributed by atoms with Crippen LogP contribution in [0.1, 0.15) is 79.2 Å². The van der Waals surface area contributed by atoms with Crippen molar-refractivity contribution in [1.82, 2.24) is 4.98 Å². The summed E-state index contributed by atoms with van der Waals surface area (Å²) < 4.78 is 5.32. The molecule has 1 fully saturated rings. The van der Waals surface area contributed by atoms with Crippen LogP contribution in [-0.2, 0) is 14.9 Å². The Hall–Kier alpha value is -2.11. The van der Waals surface area contributed by atoms with Gasteiger partial charge in [0.05, 0.1) is 24.0 Å². The lowest BCUT2D eigenvalue weighted by molar-refractivity contribution is -0.118. The molecule has 154 valence electrons. The fourth-order valence-electron chi connectivity index (χ4n) is 4.88. The number of anilines is 2. The van der Waals surface area contributed by atoms with E-state index in [0.29, 0.717) is 12.3 Å². The third-order valence-corrected chi connectivity index (χ3v) is 6.23. The number of amides is 2. The summed E-state index contributed by atoms with van der Waals surface area (Å²) in [5.74, 6) is 0.736. The molecule has 6 heteroatoms. The van der Waals surface area contributed by atoms with Gasteiger partial charge in [0.25, 0.3) is 0 Å². The molecule has 0 saturated heterocycles. The fourth-order valence-corrected chi connectivity index (χ4v) is 4.88. The van der Waals surface area contributed by atoms with E-state index in [9.17, 15) is 9.59 Å². The minimum atomic E-state index is -0.477. The largest absolute Gasteiger partial charge is 0.449 e. The van der Waals surface area contributed by atoms with Gasteiger partial charge in [0.2, 0.25) is 5.91 Å². The summed E-state index contributed by atoms with van der Waals surface area (Å²) in [6, 6.07) is 2.00. The minimum absolute atomic E-state index is 0.00601. The van der Waals surface area contributed by atoms with Gasteiger partial charge in [0.1, 0.15) is 5.82 Å². The average Bonchev–Trinajstić information content (AvgIpc) is 2.78. The van der Waals surface area contributed by atoms with Gasteiger partial charge in [-0.25, -0.2) is 9.78 Å². The molecule has 1 N–H and O–H groups in total. The monoisotopic (exact) mass is 387 g/mol. The molecule has 1 aliphatic heterocycles. The lowest BCUT2D eigenvalue weighted by atomic mass is 9.61. The van der Waals surface area contributed by atoms with E-state index in [0.717, 1.165) is 37.1 Å². The van der Waals surface area contributed by atoms with Crippen LogP contribution in [0, 0.1) is 5.41 Å². The number of carbonyl (C=O) groups excluding carboxylic acids is 2. The smallest absolute Gasteiger partial charge is 0.411 e. The van der Waals surface area contributed by atoms with Crippen LogP contribution in [0.2, 0.25) is 0 Å². The van der Waals surface area contributed by atoms with Crippen LogP contribution in [0.15, 0.2) is 12.3 Å². The average molecular weight is 388 g/mol. The molecule has 0 bridgehead atoms. The van der Waals surface area contributed by atoms with Gasteiger partial charge in [-0.05, 0) is 38.2 Å². The lowest BCUT2D eigenvalue weighted by Gasteiger charge is -2.47. The molecule has 2 aliphatic rings. The predicted molar refractivity (Wildman–Crippen MR) is 111 cm³/mol. The number of ether oxygens (including phenoxy) is 1. The molecule has 28 heavy (non-hydrogen) atoms. The van der Waals surface area contributed by atoms with E-state index in [4.69, 9.17) is 4.74 Å². The maximum atomic E-state index is 12.5. The predicted octanol–water partition coefficient (Wildman–Crippen LogP) is 5.02. The standard InChI is InChI=1S/C22H33N3O3/c1-15(26)25-18-17(22(21(25,5)6)10-8-7-9-11-22)12-16(13-23-18)24-19(27)28-14-20(2,3)4/h12-13H,7-11,14H2,1-6H3,(H,24,27). The second-order valence-corrected chi connectivity index (χ2v) is 9.91. The summed E-state index contributed by atoms with van der Waals surface area (Å²) in [6.07, 6.45) is 6.69. The number of hydrogen-bond acceptors (Lipinski definition) is 4. The molecule has 0 atom stereocenters. The van der Waals surface area contributed by atoms with E-state index in [1.807, 2.05) is 31.7 Å². The highest BCUT2D eigenvalue weighted by Gasteiger charge is 2.58. The molecule has 1 spiro atoms. The zero-order valence-corrected chi connectivity index (χ0v) is 18.0. The van der Waals surface area contributed by atoms with Crippen LogP contribution in [0.5, 0.6) is 0 Å². The Kier molecular flexibility index (Phi) is 5.19. The first-order chi connectivity index (χ1) is 13.0. The van der Waals surface area contributed by atoms with E-state index >= 15 is 0 Å². The van der Waals surface area contributed by atoms with Crippen molar-refractivity contribution in [2.45, 2.75) is 84.6 Å². The summed E-state index contributed by atoms with van der Waals surface area (Å²) in [7, 11) is 0. The summed E-state index contributed by atoms with van der Waals surface area (Å²) in [5, 5.41) is 2.81. The van der Waals surface area contributed by atoms with E-state index in [1.54, 1.807) is 13.1 Å². The van der Waals surface area contributed by atoms with Gasteiger partial charge in [0, 0.05) is 17.9 Å². The van der Waals surface area contributed by atoms with Crippen LogP contribution >= 0.6 is 0 Å². The molecule has 0 aromatic carbocycles. The molecule has 1 aliphatic carbocycles. The van der Waals surface area contributed by atoms with Crippen molar-refractivity contribution in [3.63, 3.8) is 0 Å². The normalized spacial score (nSPS) is 20.0. The van der Waals surface area contributed by atoms with E-state index in [1.165, 1.54) is 6.42 Å². The highest BCUT2D eigenvalue weighted by molar-refractivity contribution is 5.96.